The molecule has 1 saturated heterocycles. The standard InChI is InChI=1S/C4H10N4O/c5-7-1-3-8(6-9)4-2-7/h1-5H2. The number of rotatable bonds is 1. The summed E-state index contributed by atoms with van der Waals surface area (Å²) in [5.74, 6) is 5.41. The summed E-state index contributed by atoms with van der Waals surface area (Å²) in [6.07, 6.45) is 0. The molecule has 1 aliphatic heterocycles. The molecule has 52 valence electrons. The van der Waals surface area contributed by atoms with E-state index < -0.39 is 0 Å². The van der Waals surface area contributed by atoms with Gasteiger partial charge in [0.2, 0.25) is 0 Å². The average molecular weight is 130 g/mol. The molecule has 1 rings (SSSR count). The topological polar surface area (TPSA) is 61.9 Å². The molecule has 9 heavy (non-hydrogen) atoms. The Kier molecular flexibility index (Phi) is 1.96. The lowest BCUT2D eigenvalue weighted by molar-refractivity contribution is 0.136. The molecule has 5 heteroatoms. The fourth-order valence-corrected chi connectivity index (χ4v) is 0.793. The maximum atomic E-state index is 9.88. The van der Waals surface area contributed by atoms with Crippen molar-refractivity contribution in [3.8, 4) is 0 Å². The summed E-state index contributed by atoms with van der Waals surface area (Å²) in [4.78, 5) is 9.88. The van der Waals surface area contributed by atoms with Gasteiger partial charge in [0, 0.05) is 13.1 Å². The van der Waals surface area contributed by atoms with Gasteiger partial charge in [-0.2, -0.15) is 0 Å². The van der Waals surface area contributed by atoms with Crippen molar-refractivity contribution >= 4 is 0 Å². The van der Waals surface area contributed by atoms with Gasteiger partial charge in [-0.25, -0.2) is 5.01 Å². The van der Waals surface area contributed by atoms with Crippen LogP contribution in [0.1, 0.15) is 0 Å². The number of nitrogens with two attached hydrogens (primary N) is 1. The van der Waals surface area contributed by atoms with E-state index >= 15 is 0 Å². The fraction of sp³-hybridized carbons (Fsp3) is 1.00. The predicted octanol–water partition coefficient (Wildman–Crippen LogP) is -0.841. The zero-order valence-electron chi connectivity index (χ0n) is 5.16. The monoisotopic (exact) mass is 130 g/mol. The van der Waals surface area contributed by atoms with E-state index in [2.05, 4.69) is 5.29 Å². The first-order valence-corrected chi connectivity index (χ1v) is 2.91. The highest BCUT2D eigenvalue weighted by Gasteiger charge is 2.11. The van der Waals surface area contributed by atoms with Crippen molar-refractivity contribution in [2.75, 3.05) is 26.2 Å². The van der Waals surface area contributed by atoms with Crippen molar-refractivity contribution in [1.29, 1.82) is 0 Å². The molecular weight excluding hydrogens is 120 g/mol. The van der Waals surface area contributed by atoms with E-state index in [1.807, 2.05) is 0 Å². The van der Waals surface area contributed by atoms with E-state index in [0.29, 0.717) is 13.1 Å². The highest BCUT2D eigenvalue weighted by atomic mass is 16.3. The lowest BCUT2D eigenvalue weighted by Crippen LogP contribution is -2.47. The predicted molar refractivity (Wildman–Crippen MR) is 33.1 cm³/mol. The van der Waals surface area contributed by atoms with Gasteiger partial charge in [0.05, 0.1) is 18.4 Å². The first-order valence-electron chi connectivity index (χ1n) is 2.91. The van der Waals surface area contributed by atoms with E-state index in [1.165, 1.54) is 5.01 Å². The summed E-state index contributed by atoms with van der Waals surface area (Å²) < 4.78 is 0. The molecule has 1 fully saturated rings. The number of piperazine rings is 1. The Hall–Kier alpha value is -0.680. The molecule has 0 aromatic rings. The minimum absolute atomic E-state index is 0.653. The van der Waals surface area contributed by atoms with Crippen LogP contribution in [0.15, 0.2) is 5.29 Å². The number of hydrazine groups is 1. The number of nitrogens with zero attached hydrogens (tertiary/aromatic N) is 3. The minimum atomic E-state index is 0.653. The normalized spacial score (nSPS) is 22.1. The Labute approximate surface area is 53.3 Å². The van der Waals surface area contributed by atoms with Gasteiger partial charge in [0.15, 0.2) is 0 Å². The van der Waals surface area contributed by atoms with Gasteiger partial charge in [-0.15, -0.1) is 4.91 Å². The summed E-state index contributed by atoms with van der Waals surface area (Å²) in [7, 11) is 0. The van der Waals surface area contributed by atoms with Crippen LogP contribution in [0.25, 0.3) is 0 Å². The number of nitroso groups, excluding NO2 is 1. The van der Waals surface area contributed by atoms with Gasteiger partial charge < -0.3 is 0 Å². The molecular formula is C4H10N4O. The van der Waals surface area contributed by atoms with Gasteiger partial charge in [0.25, 0.3) is 0 Å². The van der Waals surface area contributed by atoms with Crippen LogP contribution in [-0.4, -0.2) is 36.2 Å². The van der Waals surface area contributed by atoms with Crippen molar-refractivity contribution in [3.05, 3.63) is 4.91 Å². The molecule has 0 atom stereocenters. The van der Waals surface area contributed by atoms with Crippen LogP contribution >= 0.6 is 0 Å². The van der Waals surface area contributed by atoms with Crippen molar-refractivity contribution in [2.24, 2.45) is 11.1 Å². The van der Waals surface area contributed by atoms with Crippen LogP contribution in [0.3, 0.4) is 0 Å². The molecule has 0 aliphatic carbocycles. The highest BCUT2D eigenvalue weighted by molar-refractivity contribution is 4.63. The van der Waals surface area contributed by atoms with Gasteiger partial charge >= 0.3 is 0 Å². The molecule has 1 heterocycles. The highest BCUT2D eigenvalue weighted by Crippen LogP contribution is 1.95. The second-order valence-electron chi connectivity index (χ2n) is 2.07. The zero-order chi connectivity index (χ0) is 6.69. The Morgan fingerprint density at radius 2 is 1.78 bits per heavy atom. The van der Waals surface area contributed by atoms with Crippen LogP contribution in [0.2, 0.25) is 0 Å². The third-order valence-electron chi connectivity index (χ3n) is 1.41. The summed E-state index contributed by atoms with van der Waals surface area (Å²) in [6.45, 7) is 2.76. The molecule has 0 saturated carbocycles. The Morgan fingerprint density at radius 1 is 1.22 bits per heavy atom. The van der Waals surface area contributed by atoms with Crippen molar-refractivity contribution in [2.45, 2.75) is 0 Å². The number of hydrogen-bond donors (Lipinski definition) is 1. The molecule has 1 aliphatic rings. The van der Waals surface area contributed by atoms with E-state index in [4.69, 9.17) is 5.84 Å². The van der Waals surface area contributed by atoms with Gasteiger partial charge in [-0.3, -0.25) is 10.9 Å². The Balaban J connectivity index is 2.26. The fourth-order valence-electron chi connectivity index (χ4n) is 0.793. The summed E-state index contributed by atoms with van der Waals surface area (Å²) >= 11 is 0. The molecule has 5 nitrogen and oxygen atoms in total. The smallest absolute Gasteiger partial charge is 0.0534 e. The zero-order valence-corrected chi connectivity index (χ0v) is 5.16. The quantitative estimate of drug-likeness (QED) is 0.371. The van der Waals surface area contributed by atoms with Gasteiger partial charge in [-0.1, -0.05) is 0 Å². The maximum absolute atomic E-state index is 9.88. The molecule has 0 aromatic heterocycles. The van der Waals surface area contributed by atoms with E-state index in [0.717, 1.165) is 13.1 Å². The molecule has 0 bridgehead atoms. The van der Waals surface area contributed by atoms with Crippen LogP contribution in [0.4, 0.5) is 0 Å². The van der Waals surface area contributed by atoms with Crippen LogP contribution in [-0.2, 0) is 0 Å². The van der Waals surface area contributed by atoms with Crippen molar-refractivity contribution < 1.29 is 0 Å². The summed E-state index contributed by atoms with van der Waals surface area (Å²) in [5, 5.41) is 5.94. The van der Waals surface area contributed by atoms with Gasteiger partial charge in [0.1, 0.15) is 0 Å². The lowest BCUT2D eigenvalue weighted by Gasteiger charge is -2.27. The number of hydrogen-bond acceptors (Lipinski definition) is 4. The Bertz CT molecular complexity index is 98.7. The summed E-state index contributed by atoms with van der Waals surface area (Å²) in [5.41, 5.74) is 0. The molecule has 0 aromatic carbocycles. The molecule has 0 amide bonds. The van der Waals surface area contributed by atoms with Crippen molar-refractivity contribution in [1.82, 2.24) is 10.0 Å². The Morgan fingerprint density at radius 3 is 2.22 bits per heavy atom. The van der Waals surface area contributed by atoms with Crippen LogP contribution < -0.4 is 5.84 Å². The SMILES string of the molecule is NN1CCN(N=O)CC1. The molecule has 0 spiro atoms. The third kappa shape index (κ3) is 1.62. The summed E-state index contributed by atoms with van der Waals surface area (Å²) in [6, 6.07) is 0. The third-order valence-corrected chi connectivity index (χ3v) is 1.41. The molecule has 2 N–H and O–H groups in total. The largest absolute Gasteiger partial charge is 0.269 e. The van der Waals surface area contributed by atoms with Crippen LogP contribution in [0, 0.1) is 4.91 Å². The maximum Gasteiger partial charge on any atom is 0.0534 e. The van der Waals surface area contributed by atoms with E-state index in [-0.39, 0.29) is 0 Å². The second-order valence-corrected chi connectivity index (χ2v) is 2.07. The van der Waals surface area contributed by atoms with E-state index in [9.17, 15) is 4.91 Å². The molecule has 0 radical (unpaired) electrons. The second kappa shape index (κ2) is 2.75. The molecule has 0 unspecified atom stereocenters. The minimum Gasteiger partial charge on any atom is -0.269 e. The van der Waals surface area contributed by atoms with Gasteiger partial charge in [-0.05, 0) is 0 Å². The van der Waals surface area contributed by atoms with Crippen molar-refractivity contribution in [3.63, 3.8) is 0 Å². The first-order chi connectivity index (χ1) is 4.33. The van der Waals surface area contributed by atoms with E-state index in [1.54, 1.807) is 5.01 Å². The first kappa shape index (κ1) is 6.44. The van der Waals surface area contributed by atoms with Crippen LogP contribution in [0.5, 0.6) is 0 Å². The average Bonchev–Trinajstić information content (AvgIpc) is 1.90. The lowest BCUT2D eigenvalue weighted by atomic mass is 10.4.